The minimum atomic E-state index is -4.97. The molecule has 38 heavy (non-hydrogen) atoms. The highest BCUT2D eigenvalue weighted by Gasteiger charge is 2.37. The zero-order chi connectivity index (χ0) is 27.1. The quantitative estimate of drug-likeness (QED) is 0.209. The van der Waals surface area contributed by atoms with Crippen LogP contribution in [0.3, 0.4) is 0 Å². The SMILES string of the molecule is FC(F)(F)c1cc(Cn2nnc(-c3conc3-c3ccccc3Cl)c2-c2ccccc2)cc(C(F)(F)F)c1. The van der Waals surface area contributed by atoms with E-state index in [1.807, 2.05) is 0 Å². The van der Waals surface area contributed by atoms with Crippen LogP contribution in [0.4, 0.5) is 26.3 Å². The van der Waals surface area contributed by atoms with Crippen LogP contribution in [0.1, 0.15) is 16.7 Å². The van der Waals surface area contributed by atoms with E-state index in [9.17, 15) is 26.3 Å². The van der Waals surface area contributed by atoms with E-state index in [1.165, 1.54) is 10.9 Å². The lowest BCUT2D eigenvalue weighted by Gasteiger charge is -2.15. The van der Waals surface area contributed by atoms with E-state index in [0.29, 0.717) is 45.2 Å². The van der Waals surface area contributed by atoms with Gasteiger partial charge in [0.2, 0.25) is 0 Å². The van der Waals surface area contributed by atoms with Crippen molar-refractivity contribution in [1.29, 1.82) is 0 Å². The molecule has 0 amide bonds. The third-order valence-corrected chi connectivity index (χ3v) is 6.05. The second-order valence-corrected chi connectivity index (χ2v) is 8.69. The lowest BCUT2D eigenvalue weighted by atomic mass is 10.0. The molecule has 3 aromatic carbocycles. The van der Waals surface area contributed by atoms with E-state index in [-0.39, 0.29) is 17.3 Å². The number of nitrogens with zero attached hydrogens (tertiary/aromatic N) is 4. The number of hydrogen-bond donors (Lipinski definition) is 0. The van der Waals surface area contributed by atoms with Crippen molar-refractivity contribution in [3.05, 3.63) is 101 Å². The second kappa shape index (κ2) is 9.64. The summed E-state index contributed by atoms with van der Waals surface area (Å²) in [6.07, 6.45) is -8.62. The molecule has 12 heteroatoms. The highest BCUT2D eigenvalue weighted by atomic mass is 35.5. The fraction of sp³-hybridized carbons (Fsp3) is 0.115. The highest BCUT2D eigenvalue weighted by Crippen LogP contribution is 2.40. The Morgan fingerprint density at radius 1 is 0.763 bits per heavy atom. The van der Waals surface area contributed by atoms with Gasteiger partial charge in [0.1, 0.15) is 17.7 Å². The third kappa shape index (κ3) is 5.01. The Hall–Kier alpha value is -4.12. The number of rotatable bonds is 5. The first-order valence-electron chi connectivity index (χ1n) is 11.0. The summed E-state index contributed by atoms with van der Waals surface area (Å²) in [6, 6.07) is 16.9. The maximum Gasteiger partial charge on any atom is 0.416 e. The molecule has 0 bridgehead atoms. The molecule has 2 heterocycles. The zero-order valence-electron chi connectivity index (χ0n) is 19.1. The van der Waals surface area contributed by atoms with Gasteiger partial charge in [-0.15, -0.1) is 5.10 Å². The molecule has 0 aliphatic rings. The van der Waals surface area contributed by atoms with Crippen molar-refractivity contribution >= 4 is 11.6 Å². The molecule has 0 N–H and O–H groups in total. The Kier molecular flexibility index (Phi) is 6.47. The van der Waals surface area contributed by atoms with Crippen molar-refractivity contribution in [2.24, 2.45) is 0 Å². The molecule has 5 nitrogen and oxygen atoms in total. The van der Waals surface area contributed by atoms with E-state index < -0.39 is 30.0 Å². The predicted molar refractivity (Wildman–Crippen MR) is 127 cm³/mol. The molecule has 0 spiro atoms. The van der Waals surface area contributed by atoms with Crippen LogP contribution >= 0.6 is 11.6 Å². The van der Waals surface area contributed by atoms with Crippen LogP contribution in [-0.4, -0.2) is 20.2 Å². The molecule has 0 aliphatic carbocycles. The molecule has 0 saturated carbocycles. The lowest BCUT2D eigenvalue weighted by Crippen LogP contribution is -2.13. The fourth-order valence-electron chi connectivity index (χ4n) is 4.02. The maximum atomic E-state index is 13.4. The molecule has 0 radical (unpaired) electrons. The van der Waals surface area contributed by atoms with Gasteiger partial charge in [0.05, 0.1) is 34.0 Å². The van der Waals surface area contributed by atoms with Crippen molar-refractivity contribution in [2.45, 2.75) is 18.9 Å². The Balaban J connectivity index is 1.66. The van der Waals surface area contributed by atoms with Gasteiger partial charge in [-0.3, -0.25) is 0 Å². The van der Waals surface area contributed by atoms with Crippen molar-refractivity contribution < 1.29 is 30.9 Å². The van der Waals surface area contributed by atoms with E-state index in [0.717, 1.165) is 0 Å². The van der Waals surface area contributed by atoms with Gasteiger partial charge in [-0.2, -0.15) is 26.3 Å². The van der Waals surface area contributed by atoms with Crippen LogP contribution in [0, 0.1) is 0 Å². The fourth-order valence-corrected chi connectivity index (χ4v) is 4.25. The van der Waals surface area contributed by atoms with Crippen molar-refractivity contribution in [2.75, 3.05) is 0 Å². The smallest absolute Gasteiger partial charge is 0.363 e. The van der Waals surface area contributed by atoms with Crippen LogP contribution in [0.15, 0.2) is 83.6 Å². The van der Waals surface area contributed by atoms with Gasteiger partial charge in [0.15, 0.2) is 0 Å². The van der Waals surface area contributed by atoms with Crippen LogP contribution in [0.5, 0.6) is 0 Å². The number of aromatic nitrogens is 4. The van der Waals surface area contributed by atoms with Gasteiger partial charge in [-0.1, -0.05) is 70.5 Å². The van der Waals surface area contributed by atoms with Crippen LogP contribution in [-0.2, 0) is 18.9 Å². The monoisotopic (exact) mass is 548 g/mol. The molecule has 2 aromatic heterocycles. The van der Waals surface area contributed by atoms with Gasteiger partial charge >= 0.3 is 12.4 Å². The van der Waals surface area contributed by atoms with Gasteiger partial charge < -0.3 is 4.52 Å². The zero-order valence-corrected chi connectivity index (χ0v) is 19.8. The summed E-state index contributed by atoms with van der Waals surface area (Å²) in [7, 11) is 0. The summed E-state index contributed by atoms with van der Waals surface area (Å²) in [4.78, 5) is 0. The predicted octanol–water partition coefficient (Wildman–Crippen LogP) is 8.01. The first-order valence-corrected chi connectivity index (χ1v) is 11.4. The molecule has 5 rings (SSSR count). The Bertz CT molecular complexity index is 1560. The van der Waals surface area contributed by atoms with E-state index in [1.54, 1.807) is 54.6 Å². The Morgan fingerprint density at radius 3 is 2.03 bits per heavy atom. The van der Waals surface area contributed by atoms with Crippen LogP contribution in [0.25, 0.3) is 33.8 Å². The van der Waals surface area contributed by atoms with Gasteiger partial charge in [-0.05, 0) is 29.8 Å². The number of halogens is 7. The normalized spacial score (nSPS) is 12.2. The average Bonchev–Trinajstić information content (AvgIpc) is 3.51. The first kappa shape index (κ1) is 25.5. The summed E-state index contributed by atoms with van der Waals surface area (Å²) < 4.78 is 86.9. The molecule has 0 unspecified atom stereocenters. The molecular weight excluding hydrogens is 534 g/mol. The van der Waals surface area contributed by atoms with E-state index in [4.69, 9.17) is 16.1 Å². The summed E-state index contributed by atoms with van der Waals surface area (Å²) in [5.41, 5.74) is -0.628. The van der Waals surface area contributed by atoms with Crippen LogP contribution in [0.2, 0.25) is 5.02 Å². The molecule has 5 aromatic rings. The minimum absolute atomic E-state index is 0.0847. The van der Waals surface area contributed by atoms with Crippen molar-refractivity contribution in [3.8, 4) is 33.8 Å². The Labute approximate surface area is 216 Å². The maximum absolute atomic E-state index is 13.4. The second-order valence-electron chi connectivity index (χ2n) is 8.28. The van der Waals surface area contributed by atoms with Crippen LogP contribution < -0.4 is 0 Å². The molecule has 194 valence electrons. The minimum Gasteiger partial charge on any atom is -0.363 e. The third-order valence-electron chi connectivity index (χ3n) is 5.72. The Morgan fingerprint density at radius 2 is 1.39 bits per heavy atom. The molecule has 0 fully saturated rings. The standard InChI is InChI=1S/C26H15ClF6N4O/c27-21-9-5-4-8-19(21)22-20(14-38-35-22)23-24(16-6-2-1-3-7-16)37(36-34-23)13-15-10-17(25(28,29)30)12-18(11-15)26(31,32)33/h1-12,14H,13H2. The molecule has 0 atom stereocenters. The summed E-state index contributed by atoms with van der Waals surface area (Å²) in [5, 5.41) is 12.7. The molecule has 0 saturated heterocycles. The topological polar surface area (TPSA) is 56.7 Å². The van der Waals surface area contributed by atoms with Gasteiger partial charge in [0.25, 0.3) is 0 Å². The highest BCUT2D eigenvalue weighted by molar-refractivity contribution is 6.33. The molecular formula is C26H15ClF6N4O. The van der Waals surface area contributed by atoms with E-state index in [2.05, 4.69) is 15.5 Å². The van der Waals surface area contributed by atoms with Crippen molar-refractivity contribution in [1.82, 2.24) is 20.2 Å². The first-order chi connectivity index (χ1) is 18.0. The average molecular weight is 549 g/mol. The summed E-state index contributed by atoms with van der Waals surface area (Å²) in [6.45, 7) is -0.420. The van der Waals surface area contributed by atoms with Crippen molar-refractivity contribution in [3.63, 3.8) is 0 Å². The summed E-state index contributed by atoms with van der Waals surface area (Å²) in [5.74, 6) is 0. The summed E-state index contributed by atoms with van der Waals surface area (Å²) >= 11 is 6.34. The number of hydrogen-bond acceptors (Lipinski definition) is 4. The van der Waals surface area contributed by atoms with E-state index >= 15 is 0 Å². The molecule has 0 aliphatic heterocycles. The number of benzene rings is 3. The van der Waals surface area contributed by atoms with Gasteiger partial charge in [0, 0.05) is 11.1 Å². The number of alkyl halides is 6. The lowest BCUT2D eigenvalue weighted by molar-refractivity contribution is -0.143. The van der Waals surface area contributed by atoms with Gasteiger partial charge in [-0.25, -0.2) is 4.68 Å². The largest absolute Gasteiger partial charge is 0.416 e.